The van der Waals surface area contributed by atoms with Gasteiger partial charge < -0.3 is 0 Å². The molecule has 0 aliphatic carbocycles. The molecule has 0 bridgehead atoms. The molecule has 0 N–H and O–H groups in total. The zero-order valence-corrected chi connectivity index (χ0v) is 7.49. The van der Waals surface area contributed by atoms with Gasteiger partial charge in [-0.2, -0.15) is 0 Å². The van der Waals surface area contributed by atoms with E-state index in [2.05, 4.69) is 21.8 Å². The third kappa shape index (κ3) is 1.49. The number of aromatic nitrogens is 3. The van der Waals surface area contributed by atoms with E-state index in [-0.39, 0.29) is 0 Å². The van der Waals surface area contributed by atoms with Crippen LogP contribution in [0.5, 0.6) is 0 Å². The highest BCUT2D eigenvalue weighted by Crippen LogP contribution is 2.00. The van der Waals surface area contributed by atoms with E-state index in [1.807, 2.05) is 16.7 Å². The molecule has 0 aliphatic heterocycles. The predicted octanol–water partition coefficient (Wildman–Crippen LogP) is 1.32. The lowest BCUT2D eigenvalue weighted by atomic mass is 10.4. The summed E-state index contributed by atoms with van der Waals surface area (Å²) in [5.74, 6) is 6.65. The Balaban J connectivity index is 2.58. The third-order valence-corrected chi connectivity index (χ3v) is 1.71. The van der Waals surface area contributed by atoms with Crippen molar-refractivity contribution in [3.05, 3.63) is 30.4 Å². The number of imidazole rings is 1. The van der Waals surface area contributed by atoms with Crippen molar-refractivity contribution in [2.75, 3.05) is 5.88 Å². The zero-order chi connectivity index (χ0) is 9.10. The molecule has 0 atom stereocenters. The lowest BCUT2D eigenvalue weighted by molar-refractivity contribution is 1.09. The van der Waals surface area contributed by atoms with E-state index < -0.39 is 0 Å². The molecule has 0 saturated heterocycles. The minimum Gasteiger partial charge on any atom is -0.277 e. The molecule has 0 aliphatic rings. The van der Waals surface area contributed by atoms with Crippen LogP contribution < -0.4 is 0 Å². The summed E-state index contributed by atoms with van der Waals surface area (Å²) in [5, 5.41) is 0. The second kappa shape index (κ2) is 3.46. The van der Waals surface area contributed by atoms with E-state index in [0.717, 1.165) is 5.69 Å². The van der Waals surface area contributed by atoms with Crippen molar-refractivity contribution < 1.29 is 0 Å². The molecule has 4 heteroatoms. The van der Waals surface area contributed by atoms with Crippen LogP contribution >= 0.6 is 11.6 Å². The van der Waals surface area contributed by atoms with E-state index in [9.17, 15) is 0 Å². The summed E-state index contributed by atoms with van der Waals surface area (Å²) in [6, 6.07) is 1.83. The summed E-state index contributed by atoms with van der Waals surface area (Å²) >= 11 is 5.45. The molecule has 0 unspecified atom stereocenters. The Morgan fingerprint density at radius 3 is 3.23 bits per heavy atom. The molecule has 3 nitrogen and oxygen atoms in total. The zero-order valence-electron chi connectivity index (χ0n) is 6.74. The highest BCUT2D eigenvalue weighted by atomic mass is 35.5. The highest BCUT2D eigenvalue weighted by Gasteiger charge is 1.98. The average molecular weight is 192 g/mol. The van der Waals surface area contributed by atoms with Crippen molar-refractivity contribution in [3.63, 3.8) is 0 Å². The number of alkyl halides is 1. The van der Waals surface area contributed by atoms with Gasteiger partial charge in [0.2, 0.25) is 5.78 Å². The lowest BCUT2D eigenvalue weighted by Gasteiger charge is -1.90. The van der Waals surface area contributed by atoms with Gasteiger partial charge in [0.05, 0.1) is 12.1 Å². The molecule has 13 heavy (non-hydrogen) atoms. The minimum atomic E-state index is 0.327. The van der Waals surface area contributed by atoms with E-state index in [4.69, 9.17) is 11.6 Å². The van der Waals surface area contributed by atoms with Crippen molar-refractivity contribution in [1.82, 2.24) is 14.4 Å². The molecule has 0 aromatic carbocycles. The summed E-state index contributed by atoms with van der Waals surface area (Å²) in [7, 11) is 0. The van der Waals surface area contributed by atoms with Gasteiger partial charge in [0.25, 0.3) is 0 Å². The molecule has 2 heterocycles. The van der Waals surface area contributed by atoms with Crippen LogP contribution in [-0.2, 0) is 0 Å². The van der Waals surface area contributed by atoms with Crippen molar-refractivity contribution in [1.29, 1.82) is 0 Å². The molecule has 0 radical (unpaired) electrons. The van der Waals surface area contributed by atoms with Gasteiger partial charge in [-0.25, -0.2) is 9.97 Å². The van der Waals surface area contributed by atoms with Crippen molar-refractivity contribution in [3.8, 4) is 11.8 Å². The van der Waals surface area contributed by atoms with Gasteiger partial charge >= 0.3 is 0 Å². The van der Waals surface area contributed by atoms with Gasteiger partial charge in [-0.05, 0) is 12.0 Å². The molecule has 0 spiro atoms. The molecular weight excluding hydrogens is 186 g/mol. The summed E-state index contributed by atoms with van der Waals surface area (Å²) in [5.41, 5.74) is 0.809. The Morgan fingerprint density at radius 1 is 1.46 bits per heavy atom. The van der Waals surface area contributed by atoms with E-state index in [0.29, 0.717) is 11.7 Å². The monoisotopic (exact) mass is 191 g/mol. The van der Waals surface area contributed by atoms with Crippen LogP contribution in [-0.4, -0.2) is 20.2 Å². The predicted molar refractivity (Wildman–Crippen MR) is 50.6 cm³/mol. The number of fused-ring (bicyclic) bond motifs is 1. The maximum absolute atomic E-state index is 5.45. The summed E-state index contributed by atoms with van der Waals surface area (Å²) in [6.45, 7) is 0. The summed E-state index contributed by atoms with van der Waals surface area (Å²) in [4.78, 5) is 8.14. The van der Waals surface area contributed by atoms with Crippen LogP contribution in [0.2, 0.25) is 0 Å². The second-order valence-electron chi connectivity index (χ2n) is 2.37. The SMILES string of the molecule is ClCC#Cc1cnc2ncccn12. The Hall–Kier alpha value is -1.53. The Bertz CT molecular complexity index is 478. The van der Waals surface area contributed by atoms with Crippen LogP contribution in [0.3, 0.4) is 0 Å². The largest absolute Gasteiger partial charge is 0.277 e. The highest BCUT2D eigenvalue weighted by molar-refractivity contribution is 6.19. The maximum atomic E-state index is 5.45. The first kappa shape index (κ1) is 8.09. The number of hydrogen-bond donors (Lipinski definition) is 0. The van der Waals surface area contributed by atoms with Gasteiger partial charge in [0, 0.05) is 12.4 Å². The van der Waals surface area contributed by atoms with E-state index in [1.165, 1.54) is 0 Å². The first-order valence-corrected chi connectivity index (χ1v) is 4.28. The number of nitrogens with zero attached hydrogens (tertiary/aromatic N) is 3. The molecule has 2 aromatic rings. The van der Waals surface area contributed by atoms with E-state index in [1.54, 1.807) is 12.4 Å². The van der Waals surface area contributed by atoms with Crippen LogP contribution in [0.4, 0.5) is 0 Å². The van der Waals surface area contributed by atoms with Crippen molar-refractivity contribution in [2.24, 2.45) is 0 Å². The van der Waals surface area contributed by atoms with Gasteiger partial charge in [0.1, 0.15) is 5.69 Å². The second-order valence-corrected chi connectivity index (χ2v) is 2.64. The van der Waals surface area contributed by atoms with Crippen molar-refractivity contribution in [2.45, 2.75) is 0 Å². The van der Waals surface area contributed by atoms with Gasteiger partial charge in [-0.3, -0.25) is 4.40 Å². The summed E-state index contributed by atoms with van der Waals surface area (Å²) < 4.78 is 1.82. The smallest absolute Gasteiger partial charge is 0.234 e. The normalized spacial score (nSPS) is 9.62. The van der Waals surface area contributed by atoms with Crippen LogP contribution in [0.25, 0.3) is 5.78 Å². The minimum absolute atomic E-state index is 0.327. The first-order chi connectivity index (χ1) is 6.42. The Morgan fingerprint density at radius 2 is 2.38 bits per heavy atom. The van der Waals surface area contributed by atoms with Crippen LogP contribution in [0.1, 0.15) is 5.69 Å². The molecule has 64 valence electrons. The molecule has 0 amide bonds. The number of rotatable bonds is 0. The van der Waals surface area contributed by atoms with Gasteiger partial charge in [-0.1, -0.05) is 5.92 Å². The molecule has 0 fully saturated rings. The number of halogens is 1. The quantitative estimate of drug-likeness (QED) is 0.465. The van der Waals surface area contributed by atoms with E-state index >= 15 is 0 Å². The van der Waals surface area contributed by atoms with Crippen LogP contribution in [0, 0.1) is 11.8 Å². The topological polar surface area (TPSA) is 30.2 Å². The Kier molecular flexibility index (Phi) is 2.15. The summed E-state index contributed by atoms with van der Waals surface area (Å²) in [6.07, 6.45) is 5.25. The van der Waals surface area contributed by atoms with Gasteiger partial charge in [0.15, 0.2) is 0 Å². The molecule has 0 saturated carbocycles. The van der Waals surface area contributed by atoms with Crippen LogP contribution in [0.15, 0.2) is 24.7 Å². The Labute approximate surface area is 80.4 Å². The standard InChI is InChI=1S/C9H6ClN3/c10-4-1-3-8-7-12-9-11-5-2-6-13(8)9/h2,5-7H,4H2. The maximum Gasteiger partial charge on any atom is 0.234 e. The molecular formula is C9H6ClN3. The number of hydrogen-bond acceptors (Lipinski definition) is 2. The fourth-order valence-electron chi connectivity index (χ4n) is 1.04. The molecule has 2 rings (SSSR count). The lowest BCUT2D eigenvalue weighted by Crippen LogP contribution is -1.88. The molecule has 2 aromatic heterocycles. The fraction of sp³-hybridized carbons (Fsp3) is 0.111. The van der Waals surface area contributed by atoms with Crippen molar-refractivity contribution >= 4 is 17.4 Å². The first-order valence-electron chi connectivity index (χ1n) is 3.75. The third-order valence-electron chi connectivity index (χ3n) is 1.57. The van der Waals surface area contributed by atoms with Gasteiger partial charge in [-0.15, -0.1) is 11.6 Å². The fourth-order valence-corrected chi connectivity index (χ4v) is 1.11. The average Bonchev–Trinajstić information content (AvgIpc) is 2.58.